The summed E-state index contributed by atoms with van der Waals surface area (Å²) in [6.07, 6.45) is 2.32. The van der Waals surface area contributed by atoms with Gasteiger partial charge in [-0.1, -0.05) is 13.8 Å². The molecule has 0 radical (unpaired) electrons. The van der Waals surface area contributed by atoms with Gasteiger partial charge < -0.3 is 10.2 Å². The van der Waals surface area contributed by atoms with E-state index < -0.39 is 0 Å². The zero-order valence-corrected chi connectivity index (χ0v) is 13.5. The van der Waals surface area contributed by atoms with E-state index in [2.05, 4.69) is 57.0 Å². The number of aromatic nitrogens is 2. The highest BCUT2D eigenvalue weighted by Crippen LogP contribution is 2.25. The van der Waals surface area contributed by atoms with Gasteiger partial charge in [-0.05, 0) is 40.2 Å². The molecule has 0 amide bonds. The van der Waals surface area contributed by atoms with Crippen molar-refractivity contribution >= 4 is 5.82 Å². The second kappa shape index (κ2) is 7.53. The van der Waals surface area contributed by atoms with Crippen molar-refractivity contribution in [1.82, 2.24) is 15.1 Å². The minimum absolute atomic E-state index is 0.500. The predicted molar refractivity (Wildman–Crippen MR) is 82.7 cm³/mol. The fraction of sp³-hybridized carbons (Fsp3) is 0.800. The lowest BCUT2D eigenvalue weighted by Gasteiger charge is -2.29. The van der Waals surface area contributed by atoms with Gasteiger partial charge in [0, 0.05) is 31.7 Å². The highest BCUT2D eigenvalue weighted by molar-refractivity contribution is 5.50. The Morgan fingerprint density at radius 1 is 1.26 bits per heavy atom. The maximum atomic E-state index is 4.61. The molecule has 0 aromatic carbocycles. The molecule has 1 aromatic rings. The number of aryl methyl sites for hydroxylation is 2. The van der Waals surface area contributed by atoms with Gasteiger partial charge in [-0.25, -0.2) is 0 Å². The summed E-state index contributed by atoms with van der Waals surface area (Å²) >= 11 is 0. The first-order valence-electron chi connectivity index (χ1n) is 7.52. The Hall–Kier alpha value is -1.03. The van der Waals surface area contributed by atoms with Gasteiger partial charge in [-0.3, -0.25) is 4.68 Å². The fourth-order valence-corrected chi connectivity index (χ4v) is 2.50. The van der Waals surface area contributed by atoms with Crippen LogP contribution in [0.2, 0.25) is 0 Å². The Labute approximate surface area is 118 Å². The maximum absolute atomic E-state index is 4.61. The van der Waals surface area contributed by atoms with Gasteiger partial charge in [-0.2, -0.15) is 5.10 Å². The lowest BCUT2D eigenvalue weighted by atomic mass is 10.2. The molecule has 4 nitrogen and oxygen atoms in total. The molecule has 1 heterocycles. The van der Waals surface area contributed by atoms with Crippen molar-refractivity contribution in [3.05, 3.63) is 11.3 Å². The third kappa shape index (κ3) is 3.96. The maximum Gasteiger partial charge on any atom is 0.131 e. The summed E-state index contributed by atoms with van der Waals surface area (Å²) < 4.78 is 2.04. The first-order chi connectivity index (χ1) is 9.02. The van der Waals surface area contributed by atoms with Crippen LogP contribution in [0.15, 0.2) is 0 Å². The molecule has 0 bridgehead atoms. The van der Waals surface area contributed by atoms with E-state index in [4.69, 9.17) is 0 Å². The molecule has 0 spiro atoms. The van der Waals surface area contributed by atoms with Gasteiger partial charge in [0.15, 0.2) is 0 Å². The molecule has 19 heavy (non-hydrogen) atoms. The van der Waals surface area contributed by atoms with Gasteiger partial charge in [0.05, 0.1) is 5.69 Å². The summed E-state index contributed by atoms with van der Waals surface area (Å²) in [5.74, 6) is 1.28. The van der Waals surface area contributed by atoms with Crippen molar-refractivity contribution in [3.63, 3.8) is 0 Å². The molecule has 0 atom stereocenters. The van der Waals surface area contributed by atoms with Gasteiger partial charge >= 0.3 is 0 Å². The highest BCUT2D eigenvalue weighted by Gasteiger charge is 2.20. The zero-order valence-electron chi connectivity index (χ0n) is 13.5. The highest BCUT2D eigenvalue weighted by atomic mass is 15.4. The van der Waals surface area contributed by atoms with E-state index in [1.54, 1.807) is 0 Å². The van der Waals surface area contributed by atoms with Crippen LogP contribution in [0.25, 0.3) is 0 Å². The first-order valence-corrected chi connectivity index (χ1v) is 7.52. The van der Waals surface area contributed by atoms with Crippen molar-refractivity contribution in [2.45, 2.75) is 60.0 Å². The molecule has 1 aromatic heterocycles. The van der Waals surface area contributed by atoms with Crippen molar-refractivity contribution in [1.29, 1.82) is 0 Å². The molecule has 0 unspecified atom stereocenters. The van der Waals surface area contributed by atoms with Crippen molar-refractivity contribution in [3.8, 4) is 0 Å². The molecule has 0 aliphatic rings. The summed E-state index contributed by atoms with van der Waals surface area (Å²) in [7, 11) is 2.05. The second-order valence-corrected chi connectivity index (χ2v) is 5.48. The lowest BCUT2D eigenvalue weighted by molar-refractivity contribution is 0.619. The summed E-state index contributed by atoms with van der Waals surface area (Å²) in [6, 6.07) is 0.500. The Morgan fingerprint density at radius 2 is 1.95 bits per heavy atom. The quantitative estimate of drug-likeness (QED) is 0.735. The monoisotopic (exact) mass is 266 g/mol. The van der Waals surface area contributed by atoms with E-state index in [0.29, 0.717) is 6.04 Å². The standard InChI is InChI=1S/C15H30N4/c1-7-9-16-11-14-13(5)17-18(6)15(14)19(10-8-2)12(3)4/h12,16H,7-11H2,1-6H3. The number of anilines is 1. The van der Waals surface area contributed by atoms with Crippen LogP contribution in [0.3, 0.4) is 0 Å². The van der Waals surface area contributed by atoms with Crippen LogP contribution >= 0.6 is 0 Å². The van der Waals surface area contributed by atoms with E-state index in [-0.39, 0.29) is 0 Å². The summed E-state index contributed by atoms with van der Waals surface area (Å²) in [4.78, 5) is 2.46. The van der Waals surface area contributed by atoms with E-state index in [1.165, 1.54) is 11.4 Å². The number of hydrogen-bond donors (Lipinski definition) is 1. The zero-order chi connectivity index (χ0) is 14.4. The van der Waals surface area contributed by atoms with E-state index in [9.17, 15) is 0 Å². The fourth-order valence-electron chi connectivity index (χ4n) is 2.50. The topological polar surface area (TPSA) is 33.1 Å². The van der Waals surface area contributed by atoms with Crippen molar-refractivity contribution in [2.24, 2.45) is 7.05 Å². The second-order valence-electron chi connectivity index (χ2n) is 5.48. The Bertz CT molecular complexity index is 382. The smallest absolute Gasteiger partial charge is 0.131 e. The van der Waals surface area contributed by atoms with E-state index >= 15 is 0 Å². The van der Waals surface area contributed by atoms with Gasteiger partial charge in [-0.15, -0.1) is 0 Å². The average Bonchev–Trinajstić information content (AvgIpc) is 2.61. The Kier molecular flexibility index (Phi) is 6.35. The van der Waals surface area contributed by atoms with E-state index in [1.807, 2.05) is 4.68 Å². The Morgan fingerprint density at radius 3 is 2.47 bits per heavy atom. The third-order valence-corrected chi connectivity index (χ3v) is 3.40. The van der Waals surface area contributed by atoms with Crippen LogP contribution in [-0.4, -0.2) is 28.9 Å². The predicted octanol–water partition coefficient (Wildman–Crippen LogP) is 2.85. The minimum atomic E-state index is 0.500. The lowest BCUT2D eigenvalue weighted by Crippen LogP contribution is -2.34. The van der Waals surface area contributed by atoms with Crippen LogP contribution in [0.5, 0.6) is 0 Å². The van der Waals surface area contributed by atoms with Crippen LogP contribution in [0, 0.1) is 6.92 Å². The van der Waals surface area contributed by atoms with E-state index in [0.717, 1.165) is 38.2 Å². The third-order valence-electron chi connectivity index (χ3n) is 3.40. The molecule has 0 fully saturated rings. The summed E-state index contributed by atoms with van der Waals surface area (Å²) in [5, 5.41) is 8.11. The molecule has 0 saturated heterocycles. The van der Waals surface area contributed by atoms with Crippen LogP contribution in [0.4, 0.5) is 5.82 Å². The normalized spacial score (nSPS) is 11.3. The molecule has 1 N–H and O–H groups in total. The molecule has 0 aliphatic heterocycles. The average molecular weight is 266 g/mol. The van der Waals surface area contributed by atoms with Crippen LogP contribution in [0.1, 0.15) is 51.8 Å². The van der Waals surface area contributed by atoms with Gasteiger partial charge in [0.25, 0.3) is 0 Å². The molecule has 0 saturated carbocycles. The van der Waals surface area contributed by atoms with Crippen molar-refractivity contribution in [2.75, 3.05) is 18.0 Å². The SMILES string of the molecule is CCCNCc1c(C)nn(C)c1N(CCC)C(C)C. The number of nitrogens with zero attached hydrogens (tertiary/aromatic N) is 3. The number of hydrogen-bond acceptors (Lipinski definition) is 3. The molecular formula is C15H30N4. The van der Waals surface area contributed by atoms with Gasteiger partial charge in [0.2, 0.25) is 0 Å². The van der Waals surface area contributed by atoms with Crippen LogP contribution in [-0.2, 0) is 13.6 Å². The molecule has 0 aliphatic carbocycles. The Balaban J connectivity index is 3.02. The molecule has 4 heteroatoms. The summed E-state index contributed by atoms with van der Waals surface area (Å²) in [6.45, 7) is 14.1. The van der Waals surface area contributed by atoms with Gasteiger partial charge in [0.1, 0.15) is 5.82 Å². The molecule has 110 valence electrons. The number of nitrogens with one attached hydrogen (secondary N) is 1. The molecular weight excluding hydrogens is 236 g/mol. The first kappa shape index (κ1) is 16.0. The number of rotatable bonds is 8. The minimum Gasteiger partial charge on any atom is -0.354 e. The summed E-state index contributed by atoms with van der Waals surface area (Å²) in [5.41, 5.74) is 2.49. The van der Waals surface area contributed by atoms with Crippen molar-refractivity contribution < 1.29 is 0 Å². The van der Waals surface area contributed by atoms with Crippen LogP contribution < -0.4 is 10.2 Å². The molecule has 1 rings (SSSR count). The largest absolute Gasteiger partial charge is 0.354 e.